The quantitative estimate of drug-likeness (QED) is 0.695. The van der Waals surface area contributed by atoms with E-state index in [-0.39, 0.29) is 11.2 Å². The van der Waals surface area contributed by atoms with Gasteiger partial charge in [-0.3, -0.25) is 9.36 Å². The molecule has 26 heavy (non-hydrogen) atoms. The van der Waals surface area contributed by atoms with E-state index in [9.17, 15) is 4.79 Å². The van der Waals surface area contributed by atoms with Gasteiger partial charge < -0.3 is 10.1 Å². The summed E-state index contributed by atoms with van der Waals surface area (Å²) in [5.74, 6) is 1.47. The Hall–Kier alpha value is -1.73. The predicted molar refractivity (Wildman–Crippen MR) is 101 cm³/mol. The van der Waals surface area contributed by atoms with Gasteiger partial charge in [0.1, 0.15) is 12.4 Å². The molecule has 0 bridgehead atoms. The van der Waals surface area contributed by atoms with Gasteiger partial charge in [-0.15, -0.1) is 10.2 Å². The Morgan fingerprint density at radius 2 is 2.12 bits per heavy atom. The van der Waals surface area contributed by atoms with Gasteiger partial charge in [0.25, 0.3) is 0 Å². The average Bonchev–Trinajstić information content (AvgIpc) is 3.55. The lowest BCUT2D eigenvalue weighted by atomic mass is 10.3. The van der Waals surface area contributed by atoms with Crippen LogP contribution in [0, 0.1) is 0 Å². The lowest BCUT2D eigenvalue weighted by molar-refractivity contribution is -0.120. The van der Waals surface area contributed by atoms with Crippen LogP contribution in [0.2, 0.25) is 5.02 Å². The summed E-state index contributed by atoms with van der Waals surface area (Å²) >= 11 is 7.60. The lowest BCUT2D eigenvalue weighted by Crippen LogP contribution is -2.32. The van der Waals surface area contributed by atoms with Crippen LogP contribution >= 0.6 is 23.4 Å². The standard InChI is InChI=1S/C18H21ClN4O2S/c1-11(17(24)20-12-6-7-12)26-18-22-21-16(23(18)13-8-9-13)10-25-15-5-3-2-4-14(15)19/h2-5,11-13H,6-10H2,1H3,(H,20,24). The summed E-state index contributed by atoms with van der Waals surface area (Å²) in [6.07, 6.45) is 4.39. The molecule has 8 heteroatoms. The molecule has 2 saturated carbocycles. The largest absolute Gasteiger partial charge is 0.484 e. The minimum atomic E-state index is -0.199. The van der Waals surface area contributed by atoms with Crippen molar-refractivity contribution in [2.45, 2.75) is 61.7 Å². The van der Waals surface area contributed by atoms with Crippen molar-refractivity contribution in [1.29, 1.82) is 0 Å². The van der Waals surface area contributed by atoms with Crippen molar-refractivity contribution in [3.63, 3.8) is 0 Å². The van der Waals surface area contributed by atoms with Crippen LogP contribution in [0.15, 0.2) is 29.4 Å². The third-order valence-electron chi connectivity index (χ3n) is 4.42. The zero-order valence-electron chi connectivity index (χ0n) is 14.5. The second-order valence-electron chi connectivity index (χ2n) is 6.76. The third kappa shape index (κ3) is 4.15. The molecule has 1 unspecified atom stereocenters. The van der Waals surface area contributed by atoms with Crippen molar-refractivity contribution in [3.05, 3.63) is 35.1 Å². The van der Waals surface area contributed by atoms with Gasteiger partial charge in [-0.2, -0.15) is 0 Å². The van der Waals surface area contributed by atoms with Gasteiger partial charge >= 0.3 is 0 Å². The SMILES string of the molecule is CC(Sc1nnc(COc2ccccc2Cl)n1C1CC1)C(=O)NC1CC1. The Bertz CT molecular complexity index is 804. The maximum atomic E-state index is 12.2. The van der Waals surface area contributed by atoms with Crippen LogP contribution in [-0.4, -0.2) is 32.0 Å². The van der Waals surface area contributed by atoms with Crippen LogP contribution in [0.4, 0.5) is 0 Å². The second kappa shape index (κ2) is 7.48. The zero-order chi connectivity index (χ0) is 18.1. The fraction of sp³-hybridized carbons (Fsp3) is 0.500. The van der Waals surface area contributed by atoms with Gasteiger partial charge in [0.15, 0.2) is 11.0 Å². The number of hydrogen-bond donors (Lipinski definition) is 1. The fourth-order valence-electron chi connectivity index (χ4n) is 2.65. The van der Waals surface area contributed by atoms with E-state index in [0.717, 1.165) is 36.7 Å². The smallest absolute Gasteiger partial charge is 0.233 e. The molecule has 1 N–H and O–H groups in total. The number of thioether (sulfide) groups is 1. The second-order valence-corrected chi connectivity index (χ2v) is 8.48. The van der Waals surface area contributed by atoms with Gasteiger partial charge in [-0.25, -0.2) is 0 Å². The molecule has 2 aliphatic carbocycles. The summed E-state index contributed by atoms with van der Waals surface area (Å²) in [4.78, 5) is 12.2. The Balaban J connectivity index is 1.44. The zero-order valence-corrected chi connectivity index (χ0v) is 16.1. The lowest BCUT2D eigenvalue weighted by Gasteiger charge is -2.13. The van der Waals surface area contributed by atoms with Crippen molar-refractivity contribution in [2.75, 3.05) is 0 Å². The molecule has 0 spiro atoms. The molecular weight excluding hydrogens is 372 g/mol. The van der Waals surface area contributed by atoms with Crippen molar-refractivity contribution in [1.82, 2.24) is 20.1 Å². The Morgan fingerprint density at radius 1 is 1.35 bits per heavy atom. The number of carbonyl (C=O) groups excluding carboxylic acids is 1. The average molecular weight is 393 g/mol. The molecule has 2 fully saturated rings. The van der Waals surface area contributed by atoms with Crippen LogP contribution in [0.3, 0.4) is 0 Å². The topological polar surface area (TPSA) is 69.0 Å². The highest BCUT2D eigenvalue weighted by Gasteiger charge is 2.32. The maximum Gasteiger partial charge on any atom is 0.233 e. The van der Waals surface area contributed by atoms with Crippen molar-refractivity contribution < 1.29 is 9.53 Å². The van der Waals surface area contributed by atoms with E-state index >= 15 is 0 Å². The minimum Gasteiger partial charge on any atom is -0.484 e. The van der Waals surface area contributed by atoms with E-state index in [4.69, 9.17) is 16.3 Å². The van der Waals surface area contributed by atoms with Crippen LogP contribution in [0.5, 0.6) is 5.75 Å². The van der Waals surface area contributed by atoms with E-state index in [0.29, 0.717) is 29.5 Å². The number of hydrogen-bond acceptors (Lipinski definition) is 5. The summed E-state index contributed by atoms with van der Waals surface area (Å²) in [6.45, 7) is 2.21. The molecule has 1 aromatic carbocycles. The van der Waals surface area contributed by atoms with Crippen molar-refractivity contribution >= 4 is 29.3 Å². The number of ether oxygens (including phenoxy) is 1. The molecule has 0 saturated heterocycles. The van der Waals surface area contributed by atoms with Gasteiger partial charge in [0, 0.05) is 12.1 Å². The molecule has 2 aromatic rings. The molecule has 1 heterocycles. The molecule has 0 radical (unpaired) electrons. The molecule has 1 aromatic heterocycles. The normalized spacial score (nSPS) is 17.8. The molecule has 1 atom stereocenters. The van der Waals surface area contributed by atoms with Crippen molar-refractivity contribution in [2.24, 2.45) is 0 Å². The number of para-hydroxylation sites is 1. The number of nitrogens with zero attached hydrogens (tertiary/aromatic N) is 3. The molecule has 138 valence electrons. The molecule has 4 rings (SSSR count). The number of rotatable bonds is 8. The molecular formula is C18H21ClN4O2S. The molecule has 2 aliphatic rings. The van der Waals surface area contributed by atoms with Gasteiger partial charge in [-0.05, 0) is 44.7 Å². The molecule has 0 aliphatic heterocycles. The number of benzene rings is 1. The highest BCUT2D eigenvalue weighted by atomic mass is 35.5. The first kappa shape index (κ1) is 17.7. The predicted octanol–water partition coefficient (Wildman–Crippen LogP) is 3.60. The highest BCUT2D eigenvalue weighted by molar-refractivity contribution is 8.00. The van der Waals surface area contributed by atoms with E-state index in [1.165, 1.54) is 11.8 Å². The summed E-state index contributed by atoms with van der Waals surface area (Å²) in [6, 6.07) is 8.14. The molecule has 6 nitrogen and oxygen atoms in total. The van der Waals surface area contributed by atoms with Crippen LogP contribution in [-0.2, 0) is 11.4 Å². The summed E-state index contributed by atoms with van der Waals surface area (Å²) in [5, 5.41) is 12.8. The van der Waals surface area contributed by atoms with Crippen LogP contribution in [0.25, 0.3) is 0 Å². The van der Waals surface area contributed by atoms with Crippen LogP contribution < -0.4 is 10.1 Å². The van der Waals surface area contributed by atoms with Gasteiger partial charge in [0.05, 0.1) is 10.3 Å². The summed E-state index contributed by atoms with van der Waals surface area (Å²) in [5.41, 5.74) is 0. The van der Waals surface area contributed by atoms with E-state index in [1.807, 2.05) is 25.1 Å². The van der Waals surface area contributed by atoms with E-state index in [2.05, 4.69) is 20.1 Å². The Kier molecular flexibility index (Phi) is 5.09. The first-order valence-electron chi connectivity index (χ1n) is 8.90. The first-order chi connectivity index (χ1) is 12.6. The number of halogens is 1. The van der Waals surface area contributed by atoms with E-state index < -0.39 is 0 Å². The summed E-state index contributed by atoms with van der Waals surface area (Å²) in [7, 11) is 0. The summed E-state index contributed by atoms with van der Waals surface area (Å²) < 4.78 is 7.94. The minimum absolute atomic E-state index is 0.0664. The third-order valence-corrected chi connectivity index (χ3v) is 5.78. The van der Waals surface area contributed by atoms with Crippen molar-refractivity contribution in [3.8, 4) is 5.75 Å². The monoisotopic (exact) mass is 392 g/mol. The maximum absolute atomic E-state index is 12.2. The highest BCUT2D eigenvalue weighted by Crippen LogP contribution is 2.40. The molecule has 1 amide bonds. The number of nitrogens with one attached hydrogen (secondary N) is 1. The first-order valence-corrected chi connectivity index (χ1v) is 10.2. The van der Waals surface area contributed by atoms with Gasteiger partial charge in [0.2, 0.25) is 5.91 Å². The number of aromatic nitrogens is 3. The van der Waals surface area contributed by atoms with Crippen LogP contribution in [0.1, 0.15) is 44.5 Å². The van der Waals surface area contributed by atoms with E-state index in [1.54, 1.807) is 6.07 Å². The Labute approximate surface area is 161 Å². The number of amides is 1. The fourth-order valence-corrected chi connectivity index (χ4v) is 3.79. The number of carbonyl (C=O) groups is 1. The Morgan fingerprint density at radius 3 is 2.81 bits per heavy atom. The van der Waals surface area contributed by atoms with Gasteiger partial charge in [-0.1, -0.05) is 35.5 Å².